The quantitative estimate of drug-likeness (QED) is 0.797. The number of fused-ring (bicyclic) bond motifs is 1. The number of nitrogens with zero attached hydrogens (tertiary/aromatic N) is 3. The number of para-hydroxylation sites is 1. The van der Waals surface area contributed by atoms with E-state index in [0.717, 1.165) is 17.3 Å². The van der Waals surface area contributed by atoms with Gasteiger partial charge in [-0.2, -0.15) is 0 Å². The van der Waals surface area contributed by atoms with Crippen molar-refractivity contribution in [2.24, 2.45) is 0 Å². The average Bonchev–Trinajstić information content (AvgIpc) is 2.82. The van der Waals surface area contributed by atoms with Gasteiger partial charge in [-0.25, -0.2) is 9.07 Å². The van der Waals surface area contributed by atoms with Gasteiger partial charge in [-0.1, -0.05) is 25.1 Å². The van der Waals surface area contributed by atoms with Crippen molar-refractivity contribution in [3.05, 3.63) is 54.6 Å². The lowest BCUT2D eigenvalue weighted by molar-refractivity contribution is 0.421. The molecule has 0 aliphatic carbocycles. The molecule has 2 heterocycles. The molecule has 0 aliphatic rings. The van der Waals surface area contributed by atoms with Gasteiger partial charge in [0.2, 0.25) is 5.88 Å². The zero-order valence-corrected chi connectivity index (χ0v) is 11.7. The highest BCUT2D eigenvalue weighted by molar-refractivity contribution is 5.83. The molecule has 108 valence electrons. The Labute approximate surface area is 122 Å². The van der Waals surface area contributed by atoms with E-state index in [0.29, 0.717) is 12.2 Å². The van der Waals surface area contributed by atoms with Gasteiger partial charge in [0.15, 0.2) is 5.82 Å². The van der Waals surface area contributed by atoms with Crippen LogP contribution in [0.4, 0.5) is 10.1 Å². The highest BCUT2D eigenvalue weighted by atomic mass is 19.1. The van der Waals surface area contributed by atoms with E-state index in [1.807, 2.05) is 31.2 Å². The third kappa shape index (κ3) is 2.31. The lowest BCUT2D eigenvalue weighted by Crippen LogP contribution is -2.30. The van der Waals surface area contributed by atoms with Crippen molar-refractivity contribution in [2.75, 3.05) is 11.6 Å². The van der Waals surface area contributed by atoms with E-state index < -0.39 is 5.82 Å². The molecule has 0 bridgehead atoms. The number of hydrogen-bond donors (Lipinski definition) is 1. The summed E-state index contributed by atoms with van der Waals surface area (Å²) in [6.45, 7) is 2.59. The summed E-state index contributed by atoms with van der Waals surface area (Å²) in [5.41, 5.74) is 1.23. The highest BCUT2D eigenvalue weighted by Crippen LogP contribution is 2.29. The predicted octanol–water partition coefficient (Wildman–Crippen LogP) is 3.56. The summed E-state index contributed by atoms with van der Waals surface area (Å²) in [4.78, 5) is 3.78. The first kappa shape index (κ1) is 13.4. The smallest absolute Gasteiger partial charge is 0.211 e. The minimum absolute atomic E-state index is 0.0841. The summed E-state index contributed by atoms with van der Waals surface area (Å²) in [6, 6.07) is 10.9. The number of halogens is 1. The predicted molar refractivity (Wildman–Crippen MR) is 80.8 cm³/mol. The lowest BCUT2D eigenvalue weighted by atomic mass is 10.2. The molecule has 2 aromatic heterocycles. The van der Waals surface area contributed by atoms with E-state index in [1.54, 1.807) is 28.0 Å². The van der Waals surface area contributed by atoms with E-state index >= 15 is 0 Å². The molecule has 0 radical (unpaired) electrons. The maximum atomic E-state index is 14.1. The molecule has 0 unspecified atom stereocenters. The van der Waals surface area contributed by atoms with Crippen molar-refractivity contribution in [2.45, 2.75) is 13.3 Å². The molecular weight excluding hydrogens is 269 g/mol. The standard InChI is InChI=1S/C16H16FN3O/c1-2-9-19(15-7-8-18-11-13(15)17)20-14-6-4-3-5-12(14)10-16(20)21/h3-8,10-11,21H,2,9H2,1H3. The summed E-state index contributed by atoms with van der Waals surface area (Å²) in [5, 5.41) is 12.9. The van der Waals surface area contributed by atoms with E-state index in [4.69, 9.17) is 0 Å². The Morgan fingerprint density at radius 2 is 2.10 bits per heavy atom. The molecule has 0 saturated heterocycles. The van der Waals surface area contributed by atoms with Crippen molar-refractivity contribution in [3.63, 3.8) is 0 Å². The van der Waals surface area contributed by atoms with Gasteiger partial charge in [-0.3, -0.25) is 9.99 Å². The van der Waals surface area contributed by atoms with Crippen molar-refractivity contribution >= 4 is 16.6 Å². The molecule has 0 spiro atoms. The van der Waals surface area contributed by atoms with Gasteiger partial charge >= 0.3 is 0 Å². The summed E-state index contributed by atoms with van der Waals surface area (Å²) in [7, 11) is 0. The fourth-order valence-corrected chi connectivity index (χ4v) is 2.50. The van der Waals surface area contributed by atoms with Gasteiger partial charge in [-0.05, 0) is 18.6 Å². The zero-order valence-electron chi connectivity index (χ0n) is 11.7. The summed E-state index contributed by atoms with van der Waals surface area (Å²) in [5.74, 6) is -0.330. The Hall–Kier alpha value is -2.56. The van der Waals surface area contributed by atoms with Gasteiger partial charge in [0.1, 0.15) is 0 Å². The first-order valence-corrected chi connectivity index (χ1v) is 6.89. The first-order valence-electron chi connectivity index (χ1n) is 6.89. The zero-order chi connectivity index (χ0) is 14.8. The van der Waals surface area contributed by atoms with Crippen LogP contribution in [0.3, 0.4) is 0 Å². The van der Waals surface area contributed by atoms with Gasteiger partial charge in [-0.15, -0.1) is 0 Å². The van der Waals surface area contributed by atoms with Crippen molar-refractivity contribution in [1.82, 2.24) is 9.66 Å². The second-order valence-corrected chi connectivity index (χ2v) is 4.82. The molecular formula is C16H16FN3O. The topological polar surface area (TPSA) is 41.3 Å². The van der Waals surface area contributed by atoms with E-state index in [2.05, 4.69) is 4.98 Å². The first-order chi connectivity index (χ1) is 10.2. The number of anilines is 1. The van der Waals surface area contributed by atoms with Crippen LogP contribution in [0.1, 0.15) is 13.3 Å². The van der Waals surface area contributed by atoms with Crippen LogP contribution in [-0.2, 0) is 0 Å². The Morgan fingerprint density at radius 1 is 1.29 bits per heavy atom. The van der Waals surface area contributed by atoms with Crippen molar-refractivity contribution in [3.8, 4) is 5.88 Å². The van der Waals surface area contributed by atoms with Crippen LogP contribution in [0.5, 0.6) is 5.88 Å². The molecule has 3 rings (SSSR count). The van der Waals surface area contributed by atoms with Gasteiger partial charge < -0.3 is 5.11 Å². The molecule has 1 aromatic carbocycles. The number of rotatable bonds is 4. The van der Waals surface area contributed by atoms with E-state index in [1.165, 1.54) is 6.20 Å². The van der Waals surface area contributed by atoms with E-state index in [-0.39, 0.29) is 5.88 Å². The number of pyridine rings is 1. The second kappa shape index (κ2) is 5.44. The molecule has 0 fully saturated rings. The van der Waals surface area contributed by atoms with Crippen LogP contribution in [0.15, 0.2) is 48.8 Å². The van der Waals surface area contributed by atoms with Crippen LogP contribution in [0, 0.1) is 5.82 Å². The third-order valence-electron chi connectivity index (χ3n) is 3.37. The molecule has 0 amide bonds. The number of aromatic hydroxyl groups is 1. The van der Waals surface area contributed by atoms with Crippen LogP contribution >= 0.6 is 0 Å². The Kier molecular flexibility index (Phi) is 3.48. The second-order valence-electron chi connectivity index (χ2n) is 4.82. The van der Waals surface area contributed by atoms with Gasteiger partial charge in [0.25, 0.3) is 0 Å². The highest BCUT2D eigenvalue weighted by Gasteiger charge is 2.18. The minimum atomic E-state index is -0.414. The molecule has 3 aromatic rings. The fourth-order valence-electron chi connectivity index (χ4n) is 2.50. The Bertz CT molecular complexity index is 769. The summed E-state index contributed by atoms with van der Waals surface area (Å²) in [6.07, 6.45) is 3.54. The van der Waals surface area contributed by atoms with Crippen molar-refractivity contribution < 1.29 is 9.50 Å². The average molecular weight is 285 g/mol. The molecule has 0 atom stereocenters. The van der Waals surface area contributed by atoms with Crippen LogP contribution in [0.25, 0.3) is 10.9 Å². The number of aromatic nitrogens is 2. The summed E-state index contributed by atoms with van der Waals surface area (Å²) < 4.78 is 15.7. The molecule has 4 nitrogen and oxygen atoms in total. The minimum Gasteiger partial charge on any atom is -0.493 e. The van der Waals surface area contributed by atoms with Gasteiger partial charge in [0, 0.05) is 24.2 Å². The van der Waals surface area contributed by atoms with Crippen LogP contribution < -0.4 is 5.01 Å². The number of benzene rings is 1. The largest absolute Gasteiger partial charge is 0.493 e. The third-order valence-corrected chi connectivity index (χ3v) is 3.37. The molecule has 5 heteroatoms. The van der Waals surface area contributed by atoms with Crippen molar-refractivity contribution in [1.29, 1.82) is 0 Å². The number of hydrogen-bond acceptors (Lipinski definition) is 3. The normalized spacial score (nSPS) is 11.0. The molecule has 0 aliphatic heterocycles. The van der Waals surface area contributed by atoms with E-state index in [9.17, 15) is 9.50 Å². The fraction of sp³-hybridized carbons (Fsp3) is 0.188. The monoisotopic (exact) mass is 285 g/mol. The SMILES string of the molecule is CCCN(c1ccncc1F)n1c(O)cc2ccccc21. The lowest BCUT2D eigenvalue weighted by Gasteiger charge is -2.27. The maximum Gasteiger partial charge on any atom is 0.211 e. The van der Waals surface area contributed by atoms with Crippen LogP contribution in [-0.4, -0.2) is 21.3 Å². The Balaban J connectivity index is 2.21. The maximum absolute atomic E-state index is 14.1. The van der Waals surface area contributed by atoms with Gasteiger partial charge in [0.05, 0.1) is 17.4 Å². The van der Waals surface area contributed by atoms with Crippen LogP contribution in [0.2, 0.25) is 0 Å². The summed E-state index contributed by atoms with van der Waals surface area (Å²) >= 11 is 0. The molecule has 0 saturated carbocycles. The molecule has 1 N–H and O–H groups in total. The Morgan fingerprint density at radius 3 is 2.86 bits per heavy atom. The molecule has 21 heavy (non-hydrogen) atoms.